The van der Waals surface area contributed by atoms with Crippen molar-refractivity contribution in [2.45, 2.75) is 38.5 Å². The van der Waals surface area contributed by atoms with E-state index in [4.69, 9.17) is 28.1 Å². The van der Waals surface area contributed by atoms with E-state index in [1.54, 1.807) is 12.1 Å². The minimum atomic E-state index is -1.73. The van der Waals surface area contributed by atoms with Crippen molar-refractivity contribution in [2.75, 3.05) is 27.4 Å². The van der Waals surface area contributed by atoms with Crippen LogP contribution in [0, 0.1) is 46.5 Å². The second-order valence-corrected chi connectivity index (χ2v) is 18.4. The molecule has 6 aromatic carbocycles. The summed E-state index contributed by atoms with van der Waals surface area (Å²) in [5.74, 6) is -16.0. The van der Waals surface area contributed by atoms with Gasteiger partial charge >= 0.3 is 35.6 Å². The third-order valence-electron chi connectivity index (χ3n) is 10.8. The fourth-order valence-corrected chi connectivity index (χ4v) is 6.90. The van der Waals surface area contributed by atoms with Gasteiger partial charge in [0.05, 0.1) is 14.2 Å². The summed E-state index contributed by atoms with van der Waals surface area (Å²) in [6.07, 6.45) is 4.15. The molecule has 374 valence electrons. The van der Waals surface area contributed by atoms with Gasteiger partial charge in [0.15, 0.2) is 34.8 Å². The molecular weight excluding hydrogens is 1020 g/mol. The first-order chi connectivity index (χ1) is 33.7. The van der Waals surface area contributed by atoms with Crippen molar-refractivity contribution in [2.24, 2.45) is 9.98 Å². The molecule has 6 aromatic rings. The van der Waals surface area contributed by atoms with Crippen molar-refractivity contribution in [3.63, 3.8) is 0 Å². The number of benzene rings is 6. The van der Waals surface area contributed by atoms with Crippen molar-refractivity contribution in [3.05, 3.63) is 190 Å². The van der Waals surface area contributed by atoms with Crippen LogP contribution in [0.15, 0.2) is 120 Å². The minimum absolute atomic E-state index is 0.0324. The van der Waals surface area contributed by atoms with Crippen LogP contribution in [0.1, 0.15) is 61.1 Å². The number of nitrogens with zero attached hydrogens (tertiary/aromatic N) is 2. The van der Waals surface area contributed by atoms with Crippen molar-refractivity contribution in [1.82, 2.24) is 0 Å². The topological polar surface area (TPSA) is 102 Å². The molecule has 0 aliphatic heterocycles. The zero-order chi connectivity index (χ0) is 52.8. The number of rotatable bonds is 16. The van der Waals surface area contributed by atoms with Gasteiger partial charge in [-0.25, -0.2) is 27.5 Å². The van der Waals surface area contributed by atoms with E-state index in [-0.39, 0.29) is 35.8 Å². The number of ether oxygens (including phenoxy) is 4. The maximum atomic E-state index is 14.5. The molecule has 0 amide bonds. The Bertz CT molecular complexity index is 2660. The van der Waals surface area contributed by atoms with Crippen molar-refractivity contribution < 1.29 is 81.3 Å². The number of aromatic hydroxyl groups is 2. The third kappa shape index (κ3) is 13.2. The summed E-state index contributed by atoms with van der Waals surface area (Å²) in [4.78, 5) is 7.21. The summed E-state index contributed by atoms with van der Waals surface area (Å²) >= 11 is -0.556. The zero-order valence-corrected chi connectivity index (χ0v) is 42.0. The van der Waals surface area contributed by atoms with E-state index in [1.807, 2.05) is 88.4 Å². The first-order valence-corrected chi connectivity index (χ1v) is 25.1. The Kier molecular flexibility index (Phi) is 20.7. The number of hydrogen-bond donors (Lipinski definition) is 2. The molecule has 0 bridgehead atoms. The average Bonchev–Trinajstić information content (AvgIpc) is 3.36. The third-order valence-corrected chi connectivity index (χ3v) is 10.8. The molecule has 2 N–H and O–H groups in total. The normalized spacial score (nSPS) is 11.3. The summed E-state index contributed by atoms with van der Waals surface area (Å²) in [6.45, 7) is 13.4. The van der Waals surface area contributed by atoms with Gasteiger partial charge in [-0.1, -0.05) is 114 Å². The number of phenolic OH excluding ortho intramolecular Hbond substituents is 2. The number of halogens is 10. The molecule has 0 unspecified atom stereocenters. The van der Waals surface area contributed by atoms with Crippen molar-refractivity contribution in [3.8, 4) is 34.5 Å². The fourth-order valence-electron chi connectivity index (χ4n) is 6.90. The molecule has 0 fully saturated rings. The summed E-state index contributed by atoms with van der Waals surface area (Å²) in [5, 5.41) is 21.9. The summed E-state index contributed by atoms with van der Waals surface area (Å²) in [7, 11) is 12.6. The van der Waals surface area contributed by atoms with Gasteiger partial charge in [0.25, 0.3) is 0 Å². The molecule has 0 radical (unpaired) electrons. The number of aliphatic imine (C=N–C) groups is 2. The van der Waals surface area contributed by atoms with E-state index in [9.17, 15) is 45.3 Å². The van der Waals surface area contributed by atoms with Crippen LogP contribution in [0.4, 0.5) is 46.5 Å². The van der Waals surface area contributed by atoms with Crippen molar-refractivity contribution >= 4 is 42.4 Å². The van der Waals surface area contributed by atoms with Crippen LogP contribution in [0.25, 0.3) is 0 Å². The summed E-state index contributed by atoms with van der Waals surface area (Å²) < 4.78 is 135. The second kappa shape index (κ2) is 25.7. The van der Waals surface area contributed by atoms with Gasteiger partial charge in [0.2, 0.25) is 23.3 Å². The van der Waals surface area contributed by atoms with Crippen LogP contribution in [0.5, 0.6) is 34.5 Å². The maximum absolute atomic E-state index is 14.5. The Morgan fingerprint density at radius 1 is 0.535 bits per heavy atom. The van der Waals surface area contributed by atoms with Gasteiger partial charge in [-0.2, -0.15) is 17.6 Å². The Labute approximate surface area is 422 Å². The molecule has 0 heterocycles. The Balaban J connectivity index is 0.000000292. The van der Waals surface area contributed by atoms with E-state index in [0.29, 0.717) is 22.6 Å². The van der Waals surface area contributed by atoms with E-state index < -0.39 is 97.3 Å². The van der Waals surface area contributed by atoms with E-state index >= 15 is 0 Å². The summed E-state index contributed by atoms with van der Waals surface area (Å²) in [6, 6.07) is 24.7. The molecule has 19 heteroatoms. The zero-order valence-electron chi connectivity index (χ0n) is 38.9. The summed E-state index contributed by atoms with van der Waals surface area (Å²) in [5.41, 5.74) is -1.05. The van der Waals surface area contributed by atoms with E-state index in [2.05, 4.69) is 32.6 Å². The monoisotopic (exact) mass is 1060 g/mol. The fraction of sp³-hybridized carbons (Fsp3) is 0.192. The Hall–Kier alpha value is -6.33. The van der Waals surface area contributed by atoms with Gasteiger partial charge in [-0.3, -0.25) is 0 Å². The van der Waals surface area contributed by atoms with Gasteiger partial charge in [-0.15, -0.1) is 0 Å². The van der Waals surface area contributed by atoms with Gasteiger partial charge in [0.1, 0.15) is 47.6 Å². The van der Waals surface area contributed by atoms with Crippen LogP contribution >= 0.6 is 18.6 Å². The van der Waals surface area contributed by atoms with Crippen LogP contribution in [-0.4, -0.2) is 50.1 Å². The first kappa shape index (κ1) is 57.3. The van der Waals surface area contributed by atoms with Crippen LogP contribution in [-0.2, 0) is 27.9 Å². The molecule has 0 atom stereocenters. The molecule has 0 spiro atoms. The molecule has 0 aliphatic carbocycles. The SMILES string of the molecule is C=CCOc1c(F)c(F)c(N=Cc2cc(OC)cc(C(C)(C)c3ccccc3)c2O)c(F)c1F.C=CCOc1c(F)c(F)c(N=Cc2cc(OC)cc(C(C)(C)c3ccccc3)c2O)c(F)c1F.[Cl][Ti][Cl]. The Morgan fingerprint density at radius 2 is 0.831 bits per heavy atom. The molecule has 6 rings (SSSR count). The first-order valence-electron chi connectivity index (χ1n) is 20.9. The van der Waals surface area contributed by atoms with Crippen molar-refractivity contribution in [1.29, 1.82) is 0 Å². The number of phenols is 2. The molecule has 8 nitrogen and oxygen atoms in total. The van der Waals surface area contributed by atoms with Gasteiger partial charge in [0, 0.05) is 45.5 Å². The van der Waals surface area contributed by atoms with Gasteiger partial charge in [-0.05, 0) is 35.4 Å². The van der Waals surface area contributed by atoms with Crippen LogP contribution < -0.4 is 18.9 Å². The average molecular weight is 1070 g/mol. The molecule has 0 aromatic heterocycles. The number of hydrogen-bond acceptors (Lipinski definition) is 8. The Morgan fingerprint density at radius 3 is 1.10 bits per heavy atom. The second-order valence-electron chi connectivity index (χ2n) is 15.9. The van der Waals surface area contributed by atoms with Gasteiger partial charge < -0.3 is 29.2 Å². The number of methoxy groups -OCH3 is 2. The molecule has 0 saturated carbocycles. The predicted molar refractivity (Wildman–Crippen MR) is 257 cm³/mol. The van der Waals surface area contributed by atoms with Crippen LogP contribution in [0.3, 0.4) is 0 Å². The van der Waals surface area contributed by atoms with E-state index in [0.717, 1.165) is 23.6 Å². The van der Waals surface area contributed by atoms with E-state index in [1.165, 1.54) is 38.5 Å². The molecule has 0 aliphatic rings. The standard InChI is InChI=1S/2C26H23F4NO3.2ClH.Ti/c2*1-5-11-34-25-21(29)19(27)23(20(28)22(25)30)31-14-15-12-17(33-4)13-18(24(15)32)26(2,3)16-9-7-6-8-10-16;;;/h2*5-10,12-14,32H,1,11H2,2-4H3;2*1H;/q;;;;+2/p-2. The predicted octanol–water partition coefficient (Wildman–Crippen LogP) is 14.6. The molecule has 71 heavy (non-hydrogen) atoms. The quantitative estimate of drug-likeness (QED) is 0.0329. The molecular formula is C52H46Cl2F8N2O6Ti. The molecule has 0 saturated heterocycles. The van der Waals surface area contributed by atoms with Crippen LogP contribution in [0.2, 0.25) is 0 Å².